The van der Waals surface area contributed by atoms with E-state index in [-0.39, 0.29) is 5.43 Å². The smallest absolute Gasteiger partial charge is 0.193 e. The minimum Gasteiger partial charge on any atom is -0.497 e. The molecule has 0 atom stereocenters. The van der Waals surface area contributed by atoms with Crippen LogP contribution in [-0.2, 0) is 0 Å². The second kappa shape index (κ2) is 10.0. The van der Waals surface area contributed by atoms with E-state index in [1.165, 1.54) is 6.07 Å². The van der Waals surface area contributed by atoms with Crippen molar-refractivity contribution in [3.05, 3.63) is 52.7 Å². The summed E-state index contributed by atoms with van der Waals surface area (Å²) in [5.41, 5.74) is 1.16. The summed E-state index contributed by atoms with van der Waals surface area (Å²) < 4.78 is 23.1. The lowest BCUT2D eigenvalue weighted by atomic mass is 10.1. The molecule has 0 radical (unpaired) electrons. The highest BCUT2D eigenvalue weighted by Crippen LogP contribution is 2.34. The Labute approximate surface area is 171 Å². The van der Waals surface area contributed by atoms with Crippen LogP contribution in [0.3, 0.4) is 0 Å². The van der Waals surface area contributed by atoms with Crippen LogP contribution in [0.2, 0.25) is 0 Å². The van der Waals surface area contributed by atoms with E-state index in [1.807, 2.05) is 18.2 Å². The average Bonchev–Trinajstić information content (AvgIpc) is 2.74. The number of rotatable bonds is 10. The van der Waals surface area contributed by atoms with Gasteiger partial charge < -0.3 is 18.6 Å². The molecule has 0 N–H and O–H groups in total. The highest BCUT2D eigenvalue weighted by atomic mass is 16.5. The van der Waals surface area contributed by atoms with Crippen LogP contribution < -0.4 is 19.6 Å². The van der Waals surface area contributed by atoms with Crippen molar-refractivity contribution in [1.82, 2.24) is 0 Å². The second-order valence-electron chi connectivity index (χ2n) is 6.90. The van der Waals surface area contributed by atoms with Crippen molar-refractivity contribution in [3.63, 3.8) is 0 Å². The summed E-state index contributed by atoms with van der Waals surface area (Å²) in [5.74, 6) is 2.50. The van der Waals surface area contributed by atoms with Gasteiger partial charge in [0.2, 0.25) is 0 Å². The van der Waals surface area contributed by atoms with Gasteiger partial charge in [0.1, 0.15) is 17.1 Å². The van der Waals surface area contributed by atoms with Gasteiger partial charge in [-0.15, -0.1) is 0 Å². The maximum Gasteiger partial charge on any atom is 0.193 e. The Morgan fingerprint density at radius 1 is 0.862 bits per heavy atom. The van der Waals surface area contributed by atoms with Gasteiger partial charge in [-0.05, 0) is 43.2 Å². The van der Waals surface area contributed by atoms with Crippen LogP contribution in [0.25, 0.3) is 22.3 Å². The first kappa shape index (κ1) is 20.8. The van der Waals surface area contributed by atoms with Gasteiger partial charge >= 0.3 is 0 Å². The zero-order valence-electron chi connectivity index (χ0n) is 17.3. The molecule has 5 nitrogen and oxygen atoms in total. The molecule has 0 amide bonds. The number of ether oxygens (including phenoxy) is 3. The fraction of sp³-hybridized carbons (Fsp3) is 0.375. The molecule has 0 saturated heterocycles. The molecule has 3 rings (SSSR count). The third-order valence-electron chi connectivity index (χ3n) is 4.68. The Hall–Kier alpha value is -2.95. The quantitative estimate of drug-likeness (QED) is 0.404. The summed E-state index contributed by atoms with van der Waals surface area (Å²) in [6.45, 7) is 5.51. The third kappa shape index (κ3) is 5.11. The van der Waals surface area contributed by atoms with Gasteiger partial charge in [0.15, 0.2) is 16.9 Å². The number of fused-ring (bicyclic) bond motifs is 1. The molecule has 0 aliphatic rings. The first-order valence-electron chi connectivity index (χ1n) is 10.2. The Morgan fingerprint density at radius 3 is 2.28 bits per heavy atom. The van der Waals surface area contributed by atoms with Gasteiger partial charge in [0.05, 0.1) is 25.7 Å². The predicted octanol–water partition coefficient (Wildman–Crippen LogP) is 5.83. The molecular weight excluding hydrogens is 368 g/mol. The highest BCUT2D eigenvalue weighted by Gasteiger charge is 2.12. The normalized spacial score (nSPS) is 10.9. The van der Waals surface area contributed by atoms with E-state index in [0.29, 0.717) is 47.2 Å². The van der Waals surface area contributed by atoms with E-state index in [1.54, 1.807) is 25.3 Å². The van der Waals surface area contributed by atoms with Crippen molar-refractivity contribution in [2.45, 2.75) is 39.5 Å². The van der Waals surface area contributed by atoms with Crippen molar-refractivity contribution in [1.29, 1.82) is 0 Å². The Balaban J connectivity index is 1.98. The zero-order chi connectivity index (χ0) is 20.6. The monoisotopic (exact) mass is 396 g/mol. The minimum absolute atomic E-state index is 0.0966. The molecule has 1 heterocycles. The number of unbranched alkanes of at least 4 members (excludes halogenated alkanes) is 2. The lowest BCUT2D eigenvalue weighted by Gasteiger charge is -2.14. The van der Waals surface area contributed by atoms with Crippen molar-refractivity contribution >= 4 is 11.0 Å². The van der Waals surface area contributed by atoms with E-state index < -0.39 is 0 Å². The molecular formula is C24H28O5. The van der Waals surface area contributed by atoms with Crippen LogP contribution in [0.4, 0.5) is 0 Å². The molecule has 0 bridgehead atoms. The van der Waals surface area contributed by atoms with Crippen molar-refractivity contribution in [2.75, 3.05) is 20.3 Å². The van der Waals surface area contributed by atoms with Crippen LogP contribution in [0.15, 0.2) is 51.7 Å². The predicted molar refractivity (Wildman–Crippen MR) is 115 cm³/mol. The van der Waals surface area contributed by atoms with E-state index in [4.69, 9.17) is 18.6 Å². The van der Waals surface area contributed by atoms with E-state index >= 15 is 0 Å². The first-order valence-corrected chi connectivity index (χ1v) is 10.2. The number of hydrogen-bond acceptors (Lipinski definition) is 5. The number of methoxy groups -OCH3 is 1. The molecule has 0 spiro atoms. The second-order valence-corrected chi connectivity index (χ2v) is 6.90. The van der Waals surface area contributed by atoms with E-state index in [2.05, 4.69) is 13.8 Å². The van der Waals surface area contributed by atoms with Gasteiger partial charge in [-0.2, -0.15) is 0 Å². The molecule has 3 aromatic rings. The topological polar surface area (TPSA) is 57.9 Å². The molecule has 0 saturated carbocycles. The molecule has 0 fully saturated rings. The molecule has 29 heavy (non-hydrogen) atoms. The lowest BCUT2D eigenvalue weighted by Crippen LogP contribution is -2.03. The van der Waals surface area contributed by atoms with Gasteiger partial charge in [0, 0.05) is 17.7 Å². The zero-order valence-corrected chi connectivity index (χ0v) is 17.3. The Bertz CT molecular complexity index is 1010. The number of hydrogen-bond donors (Lipinski definition) is 0. The van der Waals surface area contributed by atoms with Crippen LogP contribution in [0, 0.1) is 0 Å². The summed E-state index contributed by atoms with van der Waals surface area (Å²) in [6, 6.07) is 12.3. The molecule has 0 aliphatic heterocycles. The SMILES string of the molecule is CCCCOc1ccc(-c2cc(=O)c3ccc(OC)cc3o2)cc1OCCCC. The van der Waals surface area contributed by atoms with Crippen molar-refractivity contribution in [2.24, 2.45) is 0 Å². The third-order valence-corrected chi connectivity index (χ3v) is 4.68. The fourth-order valence-corrected chi connectivity index (χ4v) is 2.95. The number of benzene rings is 2. The first-order chi connectivity index (χ1) is 14.2. The van der Waals surface area contributed by atoms with E-state index in [9.17, 15) is 4.79 Å². The van der Waals surface area contributed by atoms with Gasteiger partial charge in [-0.3, -0.25) is 4.79 Å². The maximum atomic E-state index is 12.6. The maximum absolute atomic E-state index is 12.6. The van der Waals surface area contributed by atoms with Crippen LogP contribution in [-0.4, -0.2) is 20.3 Å². The highest BCUT2D eigenvalue weighted by molar-refractivity contribution is 5.80. The summed E-state index contributed by atoms with van der Waals surface area (Å²) >= 11 is 0. The summed E-state index contributed by atoms with van der Waals surface area (Å²) in [5, 5.41) is 0.522. The Morgan fingerprint density at radius 2 is 1.59 bits per heavy atom. The largest absolute Gasteiger partial charge is 0.497 e. The van der Waals surface area contributed by atoms with Crippen LogP contribution in [0.1, 0.15) is 39.5 Å². The molecule has 0 unspecified atom stereocenters. The van der Waals surface area contributed by atoms with Crippen LogP contribution >= 0.6 is 0 Å². The van der Waals surface area contributed by atoms with Crippen molar-refractivity contribution in [3.8, 4) is 28.6 Å². The van der Waals surface area contributed by atoms with Gasteiger partial charge in [-0.25, -0.2) is 0 Å². The van der Waals surface area contributed by atoms with Gasteiger partial charge in [0.25, 0.3) is 0 Å². The van der Waals surface area contributed by atoms with Crippen molar-refractivity contribution < 1.29 is 18.6 Å². The molecule has 2 aromatic carbocycles. The molecule has 154 valence electrons. The van der Waals surface area contributed by atoms with E-state index in [0.717, 1.165) is 31.2 Å². The summed E-state index contributed by atoms with van der Waals surface area (Å²) in [6.07, 6.45) is 4.06. The standard InChI is InChI=1S/C24H28O5/c1-4-6-12-27-21-11-8-17(14-24(21)28-13-7-5-2)22-16-20(25)19-10-9-18(26-3)15-23(19)29-22/h8-11,14-16H,4-7,12-13H2,1-3H3. The molecule has 0 aliphatic carbocycles. The molecule has 1 aromatic heterocycles. The average molecular weight is 396 g/mol. The van der Waals surface area contributed by atoms with Crippen LogP contribution in [0.5, 0.6) is 17.2 Å². The fourth-order valence-electron chi connectivity index (χ4n) is 2.95. The summed E-state index contributed by atoms with van der Waals surface area (Å²) in [4.78, 5) is 12.6. The lowest BCUT2D eigenvalue weighted by molar-refractivity contribution is 0.262. The van der Waals surface area contributed by atoms with Gasteiger partial charge in [-0.1, -0.05) is 26.7 Å². The molecule has 5 heteroatoms. The Kier molecular flexibility index (Phi) is 7.17. The summed E-state index contributed by atoms with van der Waals surface area (Å²) in [7, 11) is 1.58. The minimum atomic E-state index is -0.0966.